The Balaban J connectivity index is 1.48. The lowest BCUT2D eigenvalue weighted by molar-refractivity contribution is -0.0135. The van der Waals surface area contributed by atoms with Gasteiger partial charge < -0.3 is 15.0 Å². The van der Waals surface area contributed by atoms with Crippen molar-refractivity contribution in [2.24, 2.45) is 0 Å². The van der Waals surface area contributed by atoms with Gasteiger partial charge in [-0.2, -0.15) is 5.10 Å². The fraction of sp³-hybridized carbons (Fsp3) is 0.211. The van der Waals surface area contributed by atoms with E-state index in [1.54, 1.807) is 58.5 Å². The second-order valence-corrected chi connectivity index (χ2v) is 6.11. The van der Waals surface area contributed by atoms with Crippen LogP contribution in [-0.2, 0) is 4.74 Å². The molecule has 27 heavy (non-hydrogen) atoms. The summed E-state index contributed by atoms with van der Waals surface area (Å²) in [5, 5.41) is 7.06. The molecule has 1 aromatic carbocycles. The third kappa shape index (κ3) is 3.80. The number of nitrogens with one attached hydrogen (secondary N) is 1. The standard InChI is InChI=1S/C19H18FN5O2/c20-15-6-4-14(5-7-15)17-13-24(11-12-27-17)19(26)23-16-3-1-8-21-18(16)25-10-2-9-22-25/h1-10,17H,11-13H2,(H,23,26)/t17-/m1/s1. The van der Waals surface area contributed by atoms with Crippen LogP contribution >= 0.6 is 0 Å². The molecule has 0 unspecified atom stereocenters. The molecular formula is C19H18FN5O2. The summed E-state index contributed by atoms with van der Waals surface area (Å²) in [6.45, 7) is 1.27. The molecule has 2 aromatic heterocycles. The monoisotopic (exact) mass is 367 g/mol. The number of hydrogen-bond donors (Lipinski definition) is 1. The minimum Gasteiger partial charge on any atom is -0.370 e. The number of carbonyl (C=O) groups is 1. The van der Waals surface area contributed by atoms with Gasteiger partial charge in [0.15, 0.2) is 5.82 Å². The highest BCUT2D eigenvalue weighted by Gasteiger charge is 2.26. The Morgan fingerprint density at radius 1 is 1.19 bits per heavy atom. The summed E-state index contributed by atoms with van der Waals surface area (Å²) in [5.74, 6) is 0.242. The highest BCUT2D eigenvalue weighted by Crippen LogP contribution is 2.24. The van der Waals surface area contributed by atoms with Crippen LogP contribution in [0.4, 0.5) is 14.9 Å². The second kappa shape index (κ2) is 7.55. The zero-order valence-corrected chi connectivity index (χ0v) is 14.5. The molecule has 0 spiro atoms. The number of carbonyl (C=O) groups excluding carboxylic acids is 1. The zero-order chi connectivity index (χ0) is 18.6. The average molecular weight is 367 g/mol. The Kier molecular flexibility index (Phi) is 4.80. The molecule has 3 aromatic rings. The number of morpholine rings is 1. The maximum Gasteiger partial charge on any atom is 0.322 e. The number of pyridine rings is 1. The molecule has 2 amide bonds. The summed E-state index contributed by atoms with van der Waals surface area (Å²) in [4.78, 5) is 18.7. The van der Waals surface area contributed by atoms with Gasteiger partial charge >= 0.3 is 6.03 Å². The predicted octanol–water partition coefficient (Wildman–Crippen LogP) is 3.01. The van der Waals surface area contributed by atoms with E-state index < -0.39 is 0 Å². The summed E-state index contributed by atoms with van der Waals surface area (Å²) in [7, 11) is 0. The van der Waals surface area contributed by atoms with Crippen molar-refractivity contribution in [3.8, 4) is 5.82 Å². The molecule has 8 heteroatoms. The van der Waals surface area contributed by atoms with Crippen molar-refractivity contribution in [1.82, 2.24) is 19.7 Å². The van der Waals surface area contributed by atoms with Crippen molar-refractivity contribution in [2.75, 3.05) is 25.0 Å². The summed E-state index contributed by atoms with van der Waals surface area (Å²) in [6.07, 6.45) is 4.77. The molecule has 1 aliphatic heterocycles. The second-order valence-electron chi connectivity index (χ2n) is 6.11. The van der Waals surface area contributed by atoms with Gasteiger partial charge in [0.05, 0.1) is 18.8 Å². The molecule has 1 atom stereocenters. The molecule has 0 aliphatic carbocycles. The van der Waals surface area contributed by atoms with Gasteiger partial charge in [-0.25, -0.2) is 18.9 Å². The molecule has 0 radical (unpaired) electrons. The van der Waals surface area contributed by atoms with E-state index in [9.17, 15) is 9.18 Å². The SMILES string of the molecule is O=C(Nc1cccnc1-n1cccn1)N1CCO[C@@H](c2ccc(F)cc2)C1. The molecule has 1 N–H and O–H groups in total. The number of aromatic nitrogens is 3. The Labute approximate surface area is 155 Å². The number of urea groups is 1. The summed E-state index contributed by atoms with van der Waals surface area (Å²) in [5.41, 5.74) is 1.41. The lowest BCUT2D eigenvalue weighted by Crippen LogP contribution is -2.44. The quantitative estimate of drug-likeness (QED) is 0.772. The van der Waals surface area contributed by atoms with Crippen molar-refractivity contribution in [1.29, 1.82) is 0 Å². The zero-order valence-electron chi connectivity index (χ0n) is 14.5. The van der Waals surface area contributed by atoms with Crippen LogP contribution in [0.5, 0.6) is 0 Å². The number of hydrogen-bond acceptors (Lipinski definition) is 4. The largest absolute Gasteiger partial charge is 0.370 e. The van der Waals surface area contributed by atoms with E-state index in [2.05, 4.69) is 15.4 Å². The highest BCUT2D eigenvalue weighted by molar-refractivity contribution is 5.91. The van der Waals surface area contributed by atoms with Gasteiger partial charge in [0.25, 0.3) is 0 Å². The molecule has 1 saturated heterocycles. The van der Waals surface area contributed by atoms with Crippen LogP contribution in [0.1, 0.15) is 11.7 Å². The van der Waals surface area contributed by atoms with E-state index in [0.29, 0.717) is 31.2 Å². The summed E-state index contributed by atoms with van der Waals surface area (Å²) >= 11 is 0. The van der Waals surface area contributed by atoms with Crippen LogP contribution in [0, 0.1) is 5.82 Å². The van der Waals surface area contributed by atoms with Crippen molar-refractivity contribution >= 4 is 11.7 Å². The van der Waals surface area contributed by atoms with Crippen molar-refractivity contribution in [3.63, 3.8) is 0 Å². The minimum atomic E-state index is -0.299. The van der Waals surface area contributed by atoms with Gasteiger partial charge in [-0.15, -0.1) is 0 Å². The molecule has 0 bridgehead atoms. The summed E-state index contributed by atoms with van der Waals surface area (Å²) in [6, 6.07) is 11.2. The average Bonchev–Trinajstić information content (AvgIpc) is 3.24. The highest BCUT2D eigenvalue weighted by atomic mass is 19.1. The molecular weight excluding hydrogens is 349 g/mol. The van der Waals surface area contributed by atoms with Gasteiger partial charge in [-0.1, -0.05) is 12.1 Å². The first-order chi connectivity index (χ1) is 13.2. The van der Waals surface area contributed by atoms with E-state index in [-0.39, 0.29) is 18.0 Å². The first-order valence-corrected chi connectivity index (χ1v) is 8.59. The van der Waals surface area contributed by atoms with Gasteiger partial charge in [-0.05, 0) is 35.9 Å². The maximum absolute atomic E-state index is 13.1. The van der Waals surface area contributed by atoms with Crippen molar-refractivity contribution in [2.45, 2.75) is 6.10 Å². The molecule has 0 saturated carbocycles. The van der Waals surface area contributed by atoms with Crippen LogP contribution in [0.25, 0.3) is 5.82 Å². The Morgan fingerprint density at radius 2 is 2.04 bits per heavy atom. The van der Waals surface area contributed by atoms with Crippen molar-refractivity contribution in [3.05, 3.63) is 72.4 Å². The predicted molar refractivity (Wildman–Crippen MR) is 97.0 cm³/mol. The van der Waals surface area contributed by atoms with E-state index in [1.807, 2.05) is 0 Å². The number of ether oxygens (including phenoxy) is 1. The lowest BCUT2D eigenvalue weighted by atomic mass is 10.1. The van der Waals surface area contributed by atoms with Gasteiger partial charge in [0.1, 0.15) is 11.9 Å². The molecule has 7 nitrogen and oxygen atoms in total. The van der Waals surface area contributed by atoms with Crippen molar-refractivity contribution < 1.29 is 13.9 Å². The number of amides is 2. The van der Waals surface area contributed by atoms with Gasteiger partial charge in [0, 0.05) is 25.1 Å². The number of benzene rings is 1. The fourth-order valence-electron chi connectivity index (χ4n) is 2.98. The molecule has 1 aliphatic rings. The van der Waals surface area contributed by atoms with E-state index in [4.69, 9.17) is 4.74 Å². The van der Waals surface area contributed by atoms with Crippen LogP contribution in [-0.4, -0.2) is 45.4 Å². The molecule has 138 valence electrons. The first-order valence-electron chi connectivity index (χ1n) is 8.59. The van der Waals surface area contributed by atoms with E-state index in [1.165, 1.54) is 12.1 Å². The molecule has 4 rings (SSSR count). The van der Waals surface area contributed by atoms with E-state index in [0.717, 1.165) is 5.56 Å². The third-order valence-electron chi connectivity index (χ3n) is 4.35. The normalized spacial score (nSPS) is 16.9. The topological polar surface area (TPSA) is 72.3 Å². The number of nitrogens with zero attached hydrogens (tertiary/aromatic N) is 4. The Bertz CT molecular complexity index is 914. The van der Waals surface area contributed by atoms with E-state index >= 15 is 0 Å². The minimum absolute atomic E-state index is 0.244. The molecule has 1 fully saturated rings. The van der Waals surface area contributed by atoms with Gasteiger partial charge in [0.2, 0.25) is 0 Å². The summed E-state index contributed by atoms with van der Waals surface area (Å²) < 4.78 is 20.5. The number of anilines is 1. The van der Waals surface area contributed by atoms with Crippen LogP contribution in [0.15, 0.2) is 61.1 Å². The Morgan fingerprint density at radius 3 is 2.81 bits per heavy atom. The fourth-order valence-corrected chi connectivity index (χ4v) is 2.98. The molecule has 3 heterocycles. The number of rotatable bonds is 3. The van der Waals surface area contributed by atoms with Gasteiger partial charge in [-0.3, -0.25) is 0 Å². The van der Waals surface area contributed by atoms with Crippen LogP contribution in [0.3, 0.4) is 0 Å². The van der Waals surface area contributed by atoms with Crippen LogP contribution in [0.2, 0.25) is 0 Å². The smallest absolute Gasteiger partial charge is 0.322 e. The third-order valence-corrected chi connectivity index (χ3v) is 4.35. The number of halogens is 1. The van der Waals surface area contributed by atoms with Crippen LogP contribution < -0.4 is 5.32 Å². The lowest BCUT2D eigenvalue weighted by Gasteiger charge is -2.33. The maximum atomic E-state index is 13.1. The Hall–Kier alpha value is -3.26. The first kappa shape index (κ1) is 17.2.